The minimum Gasteiger partial charge on any atom is -0.225 e. The quantitative estimate of drug-likeness (QED) is 0.165. The fourth-order valence-electron chi connectivity index (χ4n) is 12.9. The standard InChI is InChI=1S/C46H48N4/c1-3-7-37(8-4-1)49-27-47(43-23-39-33-15-29-13-30(16-33)20-35(19-29)41(39)25-45(43)49)11-12-48-28-50(38-9-5-2-6-10-38)46-26-42-36-21-31-14-32(22-36)18-34(17-31)40(42)24-44(46)48/h1-10,23-36H,11-22H2/q+2. The number of fused-ring (bicyclic) bond motifs is 2. The van der Waals surface area contributed by atoms with Crippen LogP contribution in [0, 0.1) is 23.7 Å². The molecule has 50 heavy (non-hydrogen) atoms. The summed E-state index contributed by atoms with van der Waals surface area (Å²) in [7, 11) is 0. The molecule has 4 atom stereocenters. The maximum atomic E-state index is 2.65. The molecule has 4 unspecified atom stereocenters. The first kappa shape index (κ1) is 28.5. The summed E-state index contributed by atoms with van der Waals surface area (Å²) in [5.74, 6) is 6.74. The molecule has 0 radical (unpaired) electrons. The minimum absolute atomic E-state index is 0.748. The zero-order valence-electron chi connectivity index (χ0n) is 29.1. The molecule has 0 aliphatic heterocycles. The average molecular weight is 657 g/mol. The van der Waals surface area contributed by atoms with Gasteiger partial charge in [-0.1, -0.05) is 36.4 Å². The highest BCUT2D eigenvalue weighted by Gasteiger charge is 2.44. The monoisotopic (exact) mass is 656 g/mol. The molecule has 2 aromatic heterocycles. The van der Waals surface area contributed by atoms with E-state index in [0.29, 0.717) is 0 Å². The molecule has 8 bridgehead atoms. The first-order chi connectivity index (χ1) is 24.7. The second kappa shape index (κ2) is 10.7. The van der Waals surface area contributed by atoms with Crippen molar-refractivity contribution >= 4 is 22.1 Å². The van der Waals surface area contributed by atoms with Gasteiger partial charge in [-0.3, -0.25) is 0 Å². The van der Waals surface area contributed by atoms with E-state index in [1.54, 1.807) is 22.3 Å². The number of para-hydroxylation sites is 2. The van der Waals surface area contributed by atoms with Crippen LogP contribution in [0.25, 0.3) is 33.4 Å². The Morgan fingerprint density at radius 2 is 0.760 bits per heavy atom. The molecule has 8 aliphatic rings. The maximum Gasteiger partial charge on any atom is 0.250 e. The number of hydrogen-bond acceptors (Lipinski definition) is 0. The van der Waals surface area contributed by atoms with Gasteiger partial charge in [0.15, 0.2) is 22.1 Å². The SMILES string of the molecule is c1ccc(-n2c[n+](CC[n+]3cn(-c4ccccc4)c4cc5c(cc43)C3CC4CC(CC5C4)C3)c3cc4c(cc32)C2CC3CC(C2)CC4C3)cc1. The van der Waals surface area contributed by atoms with Crippen molar-refractivity contribution in [3.63, 3.8) is 0 Å². The van der Waals surface area contributed by atoms with Crippen molar-refractivity contribution in [2.75, 3.05) is 0 Å². The van der Waals surface area contributed by atoms with Gasteiger partial charge in [0, 0.05) is 0 Å². The Hall–Kier alpha value is -4.18. The normalized spacial score (nSPS) is 30.2. The van der Waals surface area contributed by atoms with E-state index in [0.717, 1.165) is 60.4 Å². The third-order valence-corrected chi connectivity index (χ3v) is 14.7. The number of aryl methyl sites for hydroxylation is 2. The summed E-state index contributed by atoms with van der Waals surface area (Å²) in [5, 5.41) is 0. The third kappa shape index (κ3) is 4.29. The lowest BCUT2D eigenvalue weighted by atomic mass is 9.67. The van der Waals surface area contributed by atoms with Crippen LogP contribution in [-0.4, -0.2) is 9.13 Å². The molecule has 2 heterocycles. The van der Waals surface area contributed by atoms with Crippen molar-refractivity contribution in [1.82, 2.24) is 9.13 Å². The topological polar surface area (TPSA) is 17.6 Å². The highest BCUT2D eigenvalue weighted by molar-refractivity contribution is 5.78. The van der Waals surface area contributed by atoms with Gasteiger partial charge < -0.3 is 0 Å². The van der Waals surface area contributed by atoms with Gasteiger partial charge in [0.1, 0.15) is 24.5 Å². The van der Waals surface area contributed by atoms with Gasteiger partial charge in [-0.05, 0) is 182 Å². The van der Waals surface area contributed by atoms with Gasteiger partial charge in [-0.15, -0.1) is 0 Å². The van der Waals surface area contributed by atoms with E-state index < -0.39 is 0 Å². The molecule has 0 N–H and O–H groups in total. The van der Waals surface area contributed by atoms with Crippen molar-refractivity contribution in [2.24, 2.45) is 23.7 Å². The van der Waals surface area contributed by atoms with Gasteiger partial charge in [0.25, 0.3) is 0 Å². The molecule has 0 spiro atoms. The highest BCUT2D eigenvalue weighted by atomic mass is 15.2. The lowest BCUT2D eigenvalue weighted by Crippen LogP contribution is -2.43. The Morgan fingerprint density at radius 1 is 0.420 bits per heavy atom. The van der Waals surface area contributed by atoms with Crippen molar-refractivity contribution in [2.45, 2.75) is 101 Å². The van der Waals surface area contributed by atoms with Gasteiger partial charge in [-0.2, -0.15) is 9.13 Å². The number of nitrogens with zero attached hydrogens (tertiary/aromatic N) is 4. The number of hydrogen-bond donors (Lipinski definition) is 0. The molecule has 4 aromatic carbocycles. The van der Waals surface area contributed by atoms with E-state index in [-0.39, 0.29) is 0 Å². The summed E-state index contributed by atoms with van der Waals surface area (Å²) in [5.41, 5.74) is 14.8. The van der Waals surface area contributed by atoms with Crippen molar-refractivity contribution < 1.29 is 9.13 Å². The Bertz CT molecular complexity index is 2100. The molecule has 4 nitrogen and oxygen atoms in total. The predicted octanol–water partition coefficient (Wildman–Crippen LogP) is 9.63. The lowest BCUT2D eigenvalue weighted by molar-refractivity contribution is -0.755. The van der Waals surface area contributed by atoms with Crippen LogP contribution in [0.5, 0.6) is 0 Å². The molecular formula is C46H48N4+2. The number of imidazole rings is 2. The Morgan fingerprint density at radius 3 is 1.12 bits per heavy atom. The average Bonchev–Trinajstić information content (AvgIpc) is 3.58. The fraction of sp³-hybridized carbons (Fsp3) is 0.435. The summed E-state index contributed by atoms with van der Waals surface area (Å²) in [6.07, 6.45) is 19.1. The summed E-state index contributed by atoms with van der Waals surface area (Å²) >= 11 is 0. The van der Waals surface area contributed by atoms with Crippen LogP contribution in [0.3, 0.4) is 0 Å². The van der Waals surface area contributed by atoms with Crippen molar-refractivity contribution in [3.05, 3.63) is 120 Å². The smallest absolute Gasteiger partial charge is 0.225 e. The van der Waals surface area contributed by atoms with Crippen LogP contribution >= 0.6 is 0 Å². The molecule has 250 valence electrons. The molecule has 4 saturated carbocycles. The zero-order valence-corrected chi connectivity index (χ0v) is 29.1. The van der Waals surface area contributed by atoms with E-state index in [1.807, 2.05) is 0 Å². The van der Waals surface area contributed by atoms with Crippen LogP contribution < -0.4 is 9.13 Å². The maximum absolute atomic E-state index is 2.65. The van der Waals surface area contributed by atoms with Crippen LogP contribution in [-0.2, 0) is 13.1 Å². The highest BCUT2D eigenvalue weighted by Crippen LogP contribution is 2.58. The van der Waals surface area contributed by atoms with E-state index in [4.69, 9.17) is 0 Å². The lowest BCUT2D eigenvalue weighted by Gasteiger charge is -2.38. The molecule has 0 saturated heterocycles. The van der Waals surface area contributed by atoms with Crippen LogP contribution in [0.4, 0.5) is 0 Å². The van der Waals surface area contributed by atoms with E-state index in [1.165, 1.54) is 97.6 Å². The van der Waals surface area contributed by atoms with E-state index >= 15 is 0 Å². The summed E-state index contributed by atoms with van der Waals surface area (Å²) in [6, 6.07) is 32.7. The van der Waals surface area contributed by atoms with Gasteiger partial charge in [0.05, 0.1) is 0 Å². The Labute approximate surface area is 295 Å². The zero-order chi connectivity index (χ0) is 32.5. The fourth-order valence-corrected chi connectivity index (χ4v) is 12.9. The number of aromatic nitrogens is 4. The molecule has 8 aliphatic carbocycles. The van der Waals surface area contributed by atoms with Crippen LogP contribution in [0.15, 0.2) is 97.6 Å². The molecule has 6 aromatic rings. The Balaban J connectivity index is 0.991. The molecule has 0 amide bonds. The second-order valence-corrected chi connectivity index (χ2v) is 17.6. The van der Waals surface area contributed by atoms with E-state index in [9.17, 15) is 0 Å². The van der Waals surface area contributed by atoms with Crippen LogP contribution in [0.2, 0.25) is 0 Å². The van der Waals surface area contributed by atoms with Gasteiger partial charge in [-0.25, -0.2) is 9.13 Å². The number of rotatable bonds is 5. The second-order valence-electron chi connectivity index (χ2n) is 17.6. The largest absolute Gasteiger partial charge is 0.250 e. The van der Waals surface area contributed by atoms with Crippen LogP contribution in [0.1, 0.15) is 110 Å². The summed E-state index contributed by atoms with van der Waals surface area (Å²) in [6.45, 7) is 1.89. The van der Waals surface area contributed by atoms with Crippen molar-refractivity contribution in [1.29, 1.82) is 0 Å². The van der Waals surface area contributed by atoms with E-state index in [2.05, 4.69) is 116 Å². The molecule has 4 heteroatoms. The molecular weight excluding hydrogens is 609 g/mol. The molecule has 4 fully saturated rings. The first-order valence-electron chi connectivity index (χ1n) is 20.0. The van der Waals surface area contributed by atoms with Gasteiger partial charge in [0.2, 0.25) is 12.7 Å². The number of benzene rings is 4. The Kier molecular flexibility index (Phi) is 6.08. The summed E-state index contributed by atoms with van der Waals surface area (Å²) < 4.78 is 10.1. The van der Waals surface area contributed by atoms with Gasteiger partial charge >= 0.3 is 0 Å². The van der Waals surface area contributed by atoms with Crippen molar-refractivity contribution in [3.8, 4) is 11.4 Å². The third-order valence-electron chi connectivity index (χ3n) is 14.7. The summed E-state index contributed by atoms with van der Waals surface area (Å²) in [4.78, 5) is 0. The molecule has 14 rings (SSSR count). The predicted molar refractivity (Wildman–Crippen MR) is 198 cm³/mol. The first-order valence-corrected chi connectivity index (χ1v) is 20.0. The minimum atomic E-state index is 0.748.